The molecule has 1 aromatic heterocycles. The minimum absolute atomic E-state index is 0.259. The van der Waals surface area contributed by atoms with E-state index >= 15 is 0 Å². The van der Waals surface area contributed by atoms with E-state index in [2.05, 4.69) is 4.98 Å². The Morgan fingerprint density at radius 1 is 1.37 bits per heavy atom. The van der Waals surface area contributed by atoms with E-state index in [1.807, 2.05) is 30.1 Å². The van der Waals surface area contributed by atoms with Gasteiger partial charge in [-0.25, -0.2) is 4.39 Å². The topological polar surface area (TPSA) is 42.2 Å². The average Bonchev–Trinajstić information content (AvgIpc) is 2.39. The molecule has 0 fully saturated rings. The molecule has 0 saturated heterocycles. The van der Waals surface area contributed by atoms with Crippen LogP contribution in [-0.2, 0) is 6.54 Å². The Morgan fingerprint density at radius 3 is 2.84 bits per heavy atom. The summed E-state index contributed by atoms with van der Waals surface area (Å²) in [6, 6.07) is 10.2. The highest BCUT2D eigenvalue weighted by molar-refractivity contribution is 7.80. The third-order valence-electron chi connectivity index (χ3n) is 2.78. The number of benzene rings is 1. The van der Waals surface area contributed by atoms with Crippen LogP contribution >= 0.6 is 12.2 Å². The summed E-state index contributed by atoms with van der Waals surface area (Å²) in [4.78, 5) is 6.36. The van der Waals surface area contributed by atoms with Crippen molar-refractivity contribution in [3.8, 4) is 0 Å². The average molecular weight is 275 g/mol. The Morgan fingerprint density at radius 2 is 2.16 bits per heavy atom. The normalized spacial score (nSPS) is 10.2. The fourth-order valence-corrected chi connectivity index (χ4v) is 2.03. The van der Waals surface area contributed by atoms with E-state index in [0.717, 1.165) is 11.3 Å². The smallest absolute Gasteiger partial charge is 0.125 e. The van der Waals surface area contributed by atoms with Crippen molar-refractivity contribution in [2.45, 2.75) is 6.54 Å². The van der Waals surface area contributed by atoms with Gasteiger partial charge in [0.05, 0.1) is 0 Å². The highest BCUT2D eigenvalue weighted by atomic mass is 32.1. The summed E-state index contributed by atoms with van der Waals surface area (Å²) in [5.74, 6) is -0.259. The second-order valence-corrected chi connectivity index (χ2v) is 4.65. The maximum Gasteiger partial charge on any atom is 0.125 e. The number of halogens is 1. The molecule has 2 N–H and O–H groups in total. The molecule has 2 aromatic rings. The third kappa shape index (κ3) is 3.26. The summed E-state index contributed by atoms with van der Waals surface area (Å²) in [5, 5.41) is 0. The van der Waals surface area contributed by atoms with Crippen LogP contribution in [0.15, 0.2) is 42.6 Å². The number of rotatable bonds is 4. The molecule has 0 spiro atoms. The molecule has 0 atom stereocenters. The van der Waals surface area contributed by atoms with Crippen molar-refractivity contribution in [2.75, 3.05) is 11.9 Å². The molecule has 0 aliphatic heterocycles. The molecule has 3 nitrogen and oxygen atoms in total. The predicted molar refractivity (Wildman–Crippen MR) is 78.6 cm³/mol. The van der Waals surface area contributed by atoms with Crippen LogP contribution in [-0.4, -0.2) is 17.0 Å². The van der Waals surface area contributed by atoms with Gasteiger partial charge in [0.2, 0.25) is 0 Å². The fraction of sp³-hybridized carbons (Fsp3) is 0.143. The van der Waals surface area contributed by atoms with Crippen molar-refractivity contribution < 1.29 is 4.39 Å². The van der Waals surface area contributed by atoms with Gasteiger partial charge in [-0.1, -0.05) is 24.4 Å². The van der Waals surface area contributed by atoms with Crippen LogP contribution in [0.1, 0.15) is 11.3 Å². The zero-order valence-electron chi connectivity index (χ0n) is 10.5. The van der Waals surface area contributed by atoms with E-state index in [9.17, 15) is 4.39 Å². The monoisotopic (exact) mass is 275 g/mol. The standard InChI is InChI=1S/C14H14FN3S/c1-18(12-6-2-5-11(15)8-12)9-10-4-3-7-17-13(10)14(16)19/h2-8H,9H2,1H3,(H2,16,19). The lowest BCUT2D eigenvalue weighted by atomic mass is 10.1. The van der Waals surface area contributed by atoms with Crippen LogP contribution < -0.4 is 10.6 Å². The van der Waals surface area contributed by atoms with Gasteiger partial charge in [0.1, 0.15) is 16.5 Å². The molecular weight excluding hydrogens is 261 g/mol. The quantitative estimate of drug-likeness (QED) is 0.871. The van der Waals surface area contributed by atoms with Crippen LogP contribution in [0, 0.1) is 5.82 Å². The molecule has 1 aromatic carbocycles. The highest BCUT2D eigenvalue weighted by Gasteiger charge is 2.09. The number of aromatic nitrogens is 1. The van der Waals surface area contributed by atoms with Crippen LogP contribution in [0.5, 0.6) is 0 Å². The second-order valence-electron chi connectivity index (χ2n) is 4.21. The molecule has 0 bridgehead atoms. The Hall–Kier alpha value is -2.01. The van der Waals surface area contributed by atoms with Crippen molar-refractivity contribution in [3.05, 3.63) is 59.7 Å². The van der Waals surface area contributed by atoms with Gasteiger partial charge in [-0.15, -0.1) is 0 Å². The van der Waals surface area contributed by atoms with Gasteiger partial charge in [-0.05, 0) is 24.3 Å². The zero-order valence-corrected chi connectivity index (χ0v) is 11.3. The number of thiocarbonyl (C=S) groups is 1. The predicted octanol–water partition coefficient (Wildman–Crippen LogP) is 2.49. The van der Waals surface area contributed by atoms with Crippen molar-refractivity contribution in [2.24, 2.45) is 5.73 Å². The SMILES string of the molecule is CN(Cc1cccnc1C(N)=S)c1cccc(F)c1. The lowest BCUT2D eigenvalue weighted by Crippen LogP contribution is -2.21. The third-order valence-corrected chi connectivity index (χ3v) is 2.97. The molecule has 98 valence electrons. The van der Waals surface area contributed by atoms with Crippen LogP contribution in [0.3, 0.4) is 0 Å². The number of hydrogen-bond acceptors (Lipinski definition) is 3. The minimum atomic E-state index is -0.259. The van der Waals surface area contributed by atoms with E-state index in [1.54, 1.807) is 12.3 Å². The number of anilines is 1. The minimum Gasteiger partial charge on any atom is -0.388 e. The Balaban J connectivity index is 2.24. The summed E-state index contributed by atoms with van der Waals surface area (Å²) >= 11 is 4.98. The van der Waals surface area contributed by atoms with Crippen LogP contribution in [0.2, 0.25) is 0 Å². The first kappa shape index (κ1) is 13.4. The van der Waals surface area contributed by atoms with E-state index in [-0.39, 0.29) is 10.8 Å². The van der Waals surface area contributed by atoms with Gasteiger partial charge in [0, 0.05) is 31.0 Å². The Labute approximate surface area is 116 Å². The summed E-state index contributed by atoms with van der Waals surface area (Å²) in [6.45, 7) is 0.559. The molecule has 1 heterocycles. The van der Waals surface area contributed by atoms with Gasteiger partial charge >= 0.3 is 0 Å². The summed E-state index contributed by atoms with van der Waals surface area (Å²) < 4.78 is 13.2. The first-order chi connectivity index (χ1) is 9.08. The molecule has 0 aliphatic carbocycles. The maximum atomic E-state index is 13.2. The van der Waals surface area contributed by atoms with Gasteiger partial charge in [0.15, 0.2) is 0 Å². The fourth-order valence-electron chi connectivity index (χ4n) is 1.85. The molecular formula is C14H14FN3S. The molecule has 0 unspecified atom stereocenters. The second kappa shape index (κ2) is 5.75. The van der Waals surface area contributed by atoms with Crippen molar-refractivity contribution in [1.29, 1.82) is 0 Å². The van der Waals surface area contributed by atoms with E-state index in [4.69, 9.17) is 18.0 Å². The number of pyridine rings is 1. The van der Waals surface area contributed by atoms with Crippen molar-refractivity contribution >= 4 is 22.9 Å². The highest BCUT2D eigenvalue weighted by Crippen LogP contribution is 2.17. The summed E-state index contributed by atoms with van der Waals surface area (Å²) in [5.41, 5.74) is 7.96. The van der Waals surface area contributed by atoms with Gasteiger partial charge in [0.25, 0.3) is 0 Å². The molecule has 0 aliphatic rings. The first-order valence-electron chi connectivity index (χ1n) is 5.78. The molecule has 0 radical (unpaired) electrons. The van der Waals surface area contributed by atoms with Gasteiger partial charge < -0.3 is 10.6 Å². The zero-order chi connectivity index (χ0) is 13.8. The number of hydrogen-bond donors (Lipinski definition) is 1. The van der Waals surface area contributed by atoms with E-state index in [1.165, 1.54) is 12.1 Å². The molecule has 19 heavy (non-hydrogen) atoms. The lowest BCUT2D eigenvalue weighted by molar-refractivity contribution is 0.627. The van der Waals surface area contributed by atoms with Crippen molar-refractivity contribution in [1.82, 2.24) is 4.98 Å². The van der Waals surface area contributed by atoms with E-state index < -0.39 is 0 Å². The van der Waals surface area contributed by atoms with Crippen LogP contribution in [0.25, 0.3) is 0 Å². The van der Waals surface area contributed by atoms with Gasteiger partial charge in [-0.2, -0.15) is 0 Å². The van der Waals surface area contributed by atoms with Crippen LogP contribution in [0.4, 0.5) is 10.1 Å². The number of nitrogens with two attached hydrogens (primary N) is 1. The molecule has 0 amide bonds. The van der Waals surface area contributed by atoms with E-state index in [0.29, 0.717) is 12.2 Å². The Bertz CT molecular complexity index is 601. The summed E-state index contributed by atoms with van der Waals surface area (Å²) in [6.07, 6.45) is 1.65. The van der Waals surface area contributed by atoms with Gasteiger partial charge in [-0.3, -0.25) is 4.98 Å². The lowest BCUT2D eigenvalue weighted by Gasteiger charge is -2.20. The molecule has 2 rings (SSSR count). The first-order valence-corrected chi connectivity index (χ1v) is 6.19. The number of nitrogens with zero attached hydrogens (tertiary/aromatic N) is 2. The molecule has 5 heteroatoms. The Kier molecular flexibility index (Phi) is 4.06. The largest absolute Gasteiger partial charge is 0.388 e. The van der Waals surface area contributed by atoms with Crippen molar-refractivity contribution in [3.63, 3.8) is 0 Å². The summed E-state index contributed by atoms with van der Waals surface area (Å²) in [7, 11) is 1.88. The molecule has 0 saturated carbocycles. The maximum absolute atomic E-state index is 13.2.